The fourth-order valence-electron chi connectivity index (χ4n) is 2.18. The average molecular weight is 265 g/mol. The fraction of sp³-hybridized carbons (Fsp3) is 0.583. The molecule has 0 aromatic carbocycles. The average Bonchev–Trinajstić information content (AvgIpc) is 2.90. The monoisotopic (exact) mass is 265 g/mol. The lowest BCUT2D eigenvalue weighted by Gasteiger charge is -2.32. The van der Waals surface area contributed by atoms with Crippen LogP contribution in [0.3, 0.4) is 0 Å². The van der Waals surface area contributed by atoms with Crippen LogP contribution in [0.15, 0.2) is 12.4 Å². The molecule has 1 aliphatic heterocycles. The molecule has 7 heteroatoms. The Kier molecular flexibility index (Phi) is 4.03. The van der Waals surface area contributed by atoms with Gasteiger partial charge in [0.05, 0.1) is 11.9 Å². The number of hydrogen-bond acceptors (Lipinski definition) is 3. The molecule has 0 unspecified atom stereocenters. The van der Waals surface area contributed by atoms with Crippen molar-refractivity contribution in [3.05, 3.63) is 12.4 Å². The lowest BCUT2D eigenvalue weighted by Crippen LogP contribution is -2.45. The number of nitrogens with zero attached hydrogens (tertiary/aromatic N) is 3. The van der Waals surface area contributed by atoms with Gasteiger partial charge in [-0.2, -0.15) is 5.10 Å². The van der Waals surface area contributed by atoms with Crippen molar-refractivity contribution in [1.82, 2.24) is 20.0 Å². The number of urea groups is 1. The molecular formula is C12H19N5O2. The molecule has 1 aromatic heterocycles. The predicted octanol–water partition coefficient (Wildman–Crippen LogP) is 0.742. The lowest BCUT2D eigenvalue weighted by molar-refractivity contribution is -0.121. The van der Waals surface area contributed by atoms with E-state index in [-0.39, 0.29) is 17.9 Å². The smallest absolute Gasteiger partial charge is 0.319 e. The van der Waals surface area contributed by atoms with Crippen molar-refractivity contribution in [1.29, 1.82) is 0 Å². The van der Waals surface area contributed by atoms with Crippen LogP contribution in [0.1, 0.15) is 12.8 Å². The van der Waals surface area contributed by atoms with Crippen molar-refractivity contribution in [2.75, 3.05) is 32.5 Å². The minimum absolute atomic E-state index is 0.00153. The Morgan fingerprint density at radius 2 is 2.11 bits per heavy atom. The number of aromatic nitrogens is 2. The van der Waals surface area contributed by atoms with Gasteiger partial charge in [0.1, 0.15) is 0 Å². The molecule has 1 fully saturated rings. The molecule has 0 bridgehead atoms. The molecule has 0 saturated carbocycles. The van der Waals surface area contributed by atoms with E-state index < -0.39 is 0 Å². The number of H-pyrrole nitrogens is 1. The summed E-state index contributed by atoms with van der Waals surface area (Å²) in [6.07, 6.45) is 4.61. The highest BCUT2D eigenvalue weighted by Gasteiger charge is 2.27. The van der Waals surface area contributed by atoms with Crippen molar-refractivity contribution >= 4 is 17.6 Å². The van der Waals surface area contributed by atoms with Crippen LogP contribution in [0.25, 0.3) is 0 Å². The Morgan fingerprint density at radius 1 is 1.42 bits per heavy atom. The first-order chi connectivity index (χ1) is 9.08. The van der Waals surface area contributed by atoms with Gasteiger partial charge in [0.2, 0.25) is 5.91 Å². The number of amides is 3. The topological polar surface area (TPSA) is 81.3 Å². The Bertz CT molecular complexity index is 435. The van der Waals surface area contributed by atoms with Crippen LogP contribution in [-0.4, -0.2) is 59.1 Å². The molecule has 0 radical (unpaired) electrons. The molecule has 2 rings (SSSR count). The summed E-state index contributed by atoms with van der Waals surface area (Å²) in [5, 5.41) is 9.24. The largest absolute Gasteiger partial charge is 0.331 e. The molecule has 1 aliphatic rings. The number of hydrogen-bond donors (Lipinski definition) is 2. The third-order valence-corrected chi connectivity index (χ3v) is 3.28. The lowest BCUT2D eigenvalue weighted by atomic mass is 9.96. The number of piperidine rings is 1. The zero-order valence-electron chi connectivity index (χ0n) is 11.2. The molecule has 0 atom stereocenters. The van der Waals surface area contributed by atoms with Gasteiger partial charge in [-0.25, -0.2) is 4.79 Å². The molecule has 19 heavy (non-hydrogen) atoms. The Morgan fingerprint density at radius 3 is 2.63 bits per heavy atom. The molecule has 0 spiro atoms. The molecule has 104 valence electrons. The molecule has 1 aromatic rings. The maximum absolute atomic E-state index is 12.0. The molecule has 2 heterocycles. The van der Waals surface area contributed by atoms with Gasteiger partial charge in [0.25, 0.3) is 0 Å². The number of anilines is 1. The van der Waals surface area contributed by atoms with Crippen LogP contribution in [0.4, 0.5) is 10.5 Å². The number of carbonyl (C=O) groups excluding carboxylic acids is 2. The Balaban J connectivity index is 1.83. The highest BCUT2D eigenvalue weighted by atomic mass is 16.2. The SMILES string of the molecule is CN(C)C(=O)N1CCC(C(=O)Nc2cn[nH]c2)CC1. The summed E-state index contributed by atoms with van der Waals surface area (Å²) in [5.41, 5.74) is 0.678. The van der Waals surface area contributed by atoms with Crippen molar-refractivity contribution in [3.8, 4) is 0 Å². The zero-order valence-corrected chi connectivity index (χ0v) is 11.2. The van der Waals surface area contributed by atoms with Crippen LogP contribution in [0.2, 0.25) is 0 Å². The van der Waals surface area contributed by atoms with Crippen molar-refractivity contribution in [3.63, 3.8) is 0 Å². The van der Waals surface area contributed by atoms with Crippen LogP contribution in [0.5, 0.6) is 0 Å². The van der Waals surface area contributed by atoms with Crippen molar-refractivity contribution in [2.45, 2.75) is 12.8 Å². The maximum atomic E-state index is 12.0. The quantitative estimate of drug-likeness (QED) is 0.827. The summed E-state index contributed by atoms with van der Waals surface area (Å²) in [6.45, 7) is 1.25. The second-order valence-electron chi connectivity index (χ2n) is 4.91. The molecule has 3 amide bonds. The van der Waals surface area contributed by atoms with E-state index in [1.807, 2.05) is 0 Å². The normalized spacial score (nSPS) is 16.2. The van der Waals surface area contributed by atoms with Gasteiger partial charge in [-0.3, -0.25) is 9.89 Å². The predicted molar refractivity (Wildman–Crippen MR) is 70.6 cm³/mol. The number of likely N-dealkylation sites (tertiary alicyclic amines) is 1. The number of nitrogens with one attached hydrogen (secondary N) is 2. The molecule has 7 nitrogen and oxygen atoms in total. The van der Waals surface area contributed by atoms with Gasteiger partial charge >= 0.3 is 6.03 Å². The highest BCUT2D eigenvalue weighted by Crippen LogP contribution is 2.19. The highest BCUT2D eigenvalue weighted by molar-refractivity contribution is 5.92. The first kappa shape index (κ1) is 13.4. The van der Waals surface area contributed by atoms with Crippen LogP contribution >= 0.6 is 0 Å². The third kappa shape index (κ3) is 3.24. The summed E-state index contributed by atoms with van der Waals surface area (Å²) in [4.78, 5) is 27.1. The van der Waals surface area contributed by atoms with Crippen molar-refractivity contribution < 1.29 is 9.59 Å². The fourth-order valence-corrected chi connectivity index (χ4v) is 2.18. The first-order valence-corrected chi connectivity index (χ1v) is 6.34. The summed E-state index contributed by atoms with van der Waals surface area (Å²) < 4.78 is 0. The molecule has 0 aliphatic carbocycles. The minimum Gasteiger partial charge on any atom is -0.331 e. The second-order valence-corrected chi connectivity index (χ2v) is 4.91. The molecule has 2 N–H and O–H groups in total. The summed E-state index contributed by atoms with van der Waals surface area (Å²) >= 11 is 0. The third-order valence-electron chi connectivity index (χ3n) is 3.28. The Hall–Kier alpha value is -2.05. The van der Waals surface area contributed by atoms with E-state index in [0.717, 1.165) is 0 Å². The number of aromatic amines is 1. The van der Waals surface area contributed by atoms with Gasteiger partial charge in [-0.1, -0.05) is 0 Å². The van der Waals surface area contributed by atoms with E-state index in [2.05, 4.69) is 15.5 Å². The van der Waals surface area contributed by atoms with E-state index >= 15 is 0 Å². The second kappa shape index (κ2) is 5.73. The van der Waals surface area contributed by atoms with Crippen molar-refractivity contribution in [2.24, 2.45) is 5.92 Å². The summed E-state index contributed by atoms with van der Waals surface area (Å²) in [5.74, 6) is -0.0422. The van der Waals surface area contributed by atoms with E-state index in [4.69, 9.17) is 0 Å². The van der Waals surface area contributed by atoms with Crippen LogP contribution in [-0.2, 0) is 4.79 Å². The standard InChI is InChI=1S/C12H19N5O2/c1-16(2)12(19)17-5-3-9(4-6-17)11(18)15-10-7-13-14-8-10/h7-9H,3-6H2,1-2H3,(H,13,14)(H,15,18). The number of carbonyl (C=O) groups is 2. The van der Waals surface area contributed by atoms with Gasteiger partial charge in [-0.15, -0.1) is 0 Å². The van der Waals surface area contributed by atoms with Gasteiger partial charge < -0.3 is 15.1 Å². The van der Waals surface area contributed by atoms with E-state index in [0.29, 0.717) is 31.6 Å². The number of rotatable bonds is 2. The van der Waals surface area contributed by atoms with E-state index in [1.165, 1.54) is 0 Å². The molecular weight excluding hydrogens is 246 g/mol. The zero-order chi connectivity index (χ0) is 13.8. The minimum atomic E-state index is -0.0406. The molecule has 1 saturated heterocycles. The Labute approximate surface area is 111 Å². The van der Waals surface area contributed by atoms with Crippen LogP contribution in [0, 0.1) is 5.92 Å². The van der Waals surface area contributed by atoms with Gasteiger partial charge in [-0.05, 0) is 12.8 Å². The van der Waals surface area contributed by atoms with Gasteiger partial charge in [0.15, 0.2) is 0 Å². The van der Waals surface area contributed by atoms with E-state index in [1.54, 1.807) is 36.3 Å². The first-order valence-electron chi connectivity index (χ1n) is 6.34. The van der Waals surface area contributed by atoms with Crippen LogP contribution < -0.4 is 5.32 Å². The summed E-state index contributed by atoms with van der Waals surface area (Å²) in [6, 6.07) is 0.00805. The van der Waals surface area contributed by atoms with Gasteiger partial charge in [0, 0.05) is 39.3 Å². The van der Waals surface area contributed by atoms with E-state index in [9.17, 15) is 9.59 Å². The maximum Gasteiger partial charge on any atom is 0.319 e. The summed E-state index contributed by atoms with van der Waals surface area (Å²) in [7, 11) is 3.47.